The molecule has 0 aromatic carbocycles. The van der Waals surface area contributed by atoms with E-state index in [2.05, 4.69) is 15.4 Å². The Kier molecular flexibility index (Phi) is 4.87. The van der Waals surface area contributed by atoms with E-state index in [1.807, 2.05) is 36.9 Å². The molecular weight excluding hydrogens is 228 g/mol. The normalized spacial score (nSPS) is 10.7. The molecule has 0 unspecified atom stereocenters. The summed E-state index contributed by atoms with van der Waals surface area (Å²) in [5, 5.41) is 16.3. The summed E-state index contributed by atoms with van der Waals surface area (Å²) in [6.07, 6.45) is 8.40. The Bertz CT molecular complexity index is 455. The highest BCUT2D eigenvalue weighted by Gasteiger charge is 1.98. The summed E-state index contributed by atoms with van der Waals surface area (Å²) in [6.45, 7) is 2.40. The Morgan fingerprint density at radius 1 is 1.22 bits per heavy atom. The fourth-order valence-electron chi connectivity index (χ4n) is 1.74. The van der Waals surface area contributed by atoms with Gasteiger partial charge in [0.2, 0.25) is 0 Å². The molecule has 5 heteroatoms. The largest absolute Gasteiger partial charge is 0.394 e. The van der Waals surface area contributed by atoms with Gasteiger partial charge < -0.3 is 10.4 Å². The zero-order chi connectivity index (χ0) is 12.6. The Morgan fingerprint density at radius 2 is 2.06 bits per heavy atom. The van der Waals surface area contributed by atoms with Crippen molar-refractivity contribution in [3.8, 4) is 0 Å². The van der Waals surface area contributed by atoms with Gasteiger partial charge in [-0.15, -0.1) is 0 Å². The quantitative estimate of drug-likeness (QED) is 0.702. The van der Waals surface area contributed by atoms with Crippen LogP contribution in [0.1, 0.15) is 11.1 Å². The molecule has 0 atom stereocenters. The van der Waals surface area contributed by atoms with Gasteiger partial charge in [-0.25, -0.2) is 0 Å². The Labute approximate surface area is 106 Å². The molecule has 0 aliphatic heterocycles. The summed E-state index contributed by atoms with van der Waals surface area (Å²) in [6, 6.07) is 4.06. The average molecular weight is 246 g/mol. The van der Waals surface area contributed by atoms with Gasteiger partial charge in [0.15, 0.2) is 0 Å². The maximum Gasteiger partial charge on any atom is 0.0640 e. The van der Waals surface area contributed by atoms with Crippen LogP contribution in [-0.4, -0.2) is 33.0 Å². The standard InChI is InChI=1S/C13H18N4O/c18-8-7-17-11-13(10-16-17)9-15-6-3-12-1-4-14-5-2-12/h1-2,4-5,10-11,15,18H,3,6-9H2. The molecule has 0 spiro atoms. The first-order valence-electron chi connectivity index (χ1n) is 6.10. The van der Waals surface area contributed by atoms with Crippen LogP contribution in [-0.2, 0) is 19.5 Å². The molecule has 0 bridgehead atoms. The maximum absolute atomic E-state index is 8.79. The van der Waals surface area contributed by atoms with E-state index in [9.17, 15) is 0 Å². The van der Waals surface area contributed by atoms with Crippen LogP contribution in [0, 0.1) is 0 Å². The van der Waals surface area contributed by atoms with Crippen LogP contribution in [0.5, 0.6) is 0 Å². The lowest BCUT2D eigenvalue weighted by Gasteiger charge is -2.03. The van der Waals surface area contributed by atoms with Crippen molar-refractivity contribution in [1.29, 1.82) is 0 Å². The van der Waals surface area contributed by atoms with Gasteiger partial charge in [0.05, 0.1) is 19.3 Å². The average Bonchev–Trinajstić information content (AvgIpc) is 2.84. The fourth-order valence-corrected chi connectivity index (χ4v) is 1.74. The number of pyridine rings is 1. The van der Waals surface area contributed by atoms with Crippen LogP contribution in [0.25, 0.3) is 0 Å². The van der Waals surface area contributed by atoms with E-state index >= 15 is 0 Å². The summed E-state index contributed by atoms with van der Waals surface area (Å²) < 4.78 is 1.75. The summed E-state index contributed by atoms with van der Waals surface area (Å²) >= 11 is 0. The summed E-state index contributed by atoms with van der Waals surface area (Å²) in [7, 11) is 0. The van der Waals surface area contributed by atoms with Crippen LogP contribution >= 0.6 is 0 Å². The summed E-state index contributed by atoms with van der Waals surface area (Å²) in [4.78, 5) is 3.99. The maximum atomic E-state index is 8.79. The van der Waals surface area contributed by atoms with E-state index in [0.29, 0.717) is 6.54 Å². The van der Waals surface area contributed by atoms with E-state index in [1.54, 1.807) is 4.68 Å². The summed E-state index contributed by atoms with van der Waals surface area (Å²) in [5.41, 5.74) is 2.42. The third kappa shape index (κ3) is 3.94. The van der Waals surface area contributed by atoms with E-state index in [4.69, 9.17) is 5.11 Å². The highest BCUT2D eigenvalue weighted by molar-refractivity contribution is 5.10. The minimum absolute atomic E-state index is 0.122. The van der Waals surface area contributed by atoms with Crippen molar-refractivity contribution < 1.29 is 5.11 Å². The number of aliphatic hydroxyl groups excluding tert-OH is 1. The number of nitrogens with zero attached hydrogens (tertiary/aromatic N) is 3. The molecule has 0 fully saturated rings. The number of nitrogens with one attached hydrogen (secondary N) is 1. The third-order valence-corrected chi connectivity index (χ3v) is 2.68. The van der Waals surface area contributed by atoms with Gasteiger partial charge >= 0.3 is 0 Å². The van der Waals surface area contributed by atoms with Crippen LogP contribution in [0.15, 0.2) is 36.9 Å². The smallest absolute Gasteiger partial charge is 0.0640 e. The first-order chi connectivity index (χ1) is 8.88. The van der Waals surface area contributed by atoms with Crippen molar-refractivity contribution in [2.24, 2.45) is 0 Å². The zero-order valence-corrected chi connectivity index (χ0v) is 10.3. The lowest BCUT2D eigenvalue weighted by Crippen LogP contribution is -2.16. The third-order valence-electron chi connectivity index (χ3n) is 2.68. The van der Waals surface area contributed by atoms with Crippen molar-refractivity contribution in [3.63, 3.8) is 0 Å². The van der Waals surface area contributed by atoms with Crippen LogP contribution in [0.2, 0.25) is 0 Å². The molecule has 2 N–H and O–H groups in total. The second-order valence-electron chi connectivity index (χ2n) is 4.12. The molecule has 0 amide bonds. The van der Waals surface area contributed by atoms with Gasteiger partial charge in [-0.2, -0.15) is 5.10 Å². The second-order valence-corrected chi connectivity index (χ2v) is 4.12. The zero-order valence-electron chi connectivity index (χ0n) is 10.3. The monoisotopic (exact) mass is 246 g/mol. The molecule has 5 nitrogen and oxygen atoms in total. The predicted molar refractivity (Wildman–Crippen MR) is 69.0 cm³/mol. The molecule has 18 heavy (non-hydrogen) atoms. The molecule has 0 aliphatic carbocycles. The molecule has 96 valence electrons. The van der Waals surface area contributed by atoms with Crippen LogP contribution < -0.4 is 5.32 Å². The molecule has 0 radical (unpaired) electrons. The number of hydrogen-bond donors (Lipinski definition) is 2. The Morgan fingerprint density at radius 3 is 2.83 bits per heavy atom. The highest BCUT2D eigenvalue weighted by Crippen LogP contribution is 1.99. The molecular formula is C13H18N4O. The van der Waals surface area contributed by atoms with Crippen LogP contribution in [0.4, 0.5) is 0 Å². The number of hydrogen-bond acceptors (Lipinski definition) is 4. The SMILES string of the molecule is OCCn1cc(CNCCc2ccncc2)cn1. The highest BCUT2D eigenvalue weighted by atomic mass is 16.3. The first-order valence-corrected chi connectivity index (χ1v) is 6.10. The van der Waals surface area contributed by atoms with E-state index in [0.717, 1.165) is 25.1 Å². The fraction of sp³-hybridized carbons (Fsp3) is 0.385. The van der Waals surface area contributed by atoms with Gasteiger partial charge in [0.1, 0.15) is 0 Å². The summed E-state index contributed by atoms with van der Waals surface area (Å²) in [5.74, 6) is 0. The van der Waals surface area contributed by atoms with Gasteiger partial charge in [-0.1, -0.05) is 0 Å². The van der Waals surface area contributed by atoms with Gasteiger partial charge in [0.25, 0.3) is 0 Å². The van der Waals surface area contributed by atoms with E-state index in [-0.39, 0.29) is 6.61 Å². The Hall–Kier alpha value is -1.72. The van der Waals surface area contributed by atoms with Crippen molar-refractivity contribution in [2.45, 2.75) is 19.5 Å². The number of aromatic nitrogens is 3. The molecule has 2 rings (SSSR count). The van der Waals surface area contributed by atoms with Crippen molar-refractivity contribution in [3.05, 3.63) is 48.0 Å². The van der Waals surface area contributed by atoms with Gasteiger partial charge in [-0.05, 0) is 30.7 Å². The van der Waals surface area contributed by atoms with Crippen molar-refractivity contribution in [1.82, 2.24) is 20.1 Å². The first kappa shape index (κ1) is 12.7. The topological polar surface area (TPSA) is 63.0 Å². The lowest BCUT2D eigenvalue weighted by molar-refractivity contribution is 0.269. The molecule has 0 saturated heterocycles. The minimum Gasteiger partial charge on any atom is -0.394 e. The molecule has 2 aromatic heterocycles. The van der Waals surface area contributed by atoms with Crippen molar-refractivity contribution in [2.75, 3.05) is 13.2 Å². The predicted octanol–water partition coefficient (Wildman–Crippen LogP) is 0.603. The lowest BCUT2D eigenvalue weighted by atomic mass is 10.2. The molecule has 2 aromatic rings. The Balaban J connectivity index is 1.68. The molecule has 2 heterocycles. The second kappa shape index (κ2) is 6.88. The van der Waals surface area contributed by atoms with E-state index in [1.165, 1.54) is 5.56 Å². The molecule has 0 aliphatic rings. The van der Waals surface area contributed by atoms with E-state index < -0.39 is 0 Å². The number of aliphatic hydroxyl groups is 1. The minimum atomic E-state index is 0.122. The number of rotatable bonds is 7. The van der Waals surface area contributed by atoms with Crippen molar-refractivity contribution >= 4 is 0 Å². The van der Waals surface area contributed by atoms with Gasteiger partial charge in [-0.3, -0.25) is 9.67 Å². The molecule has 0 saturated carbocycles. The van der Waals surface area contributed by atoms with Crippen LogP contribution in [0.3, 0.4) is 0 Å². The van der Waals surface area contributed by atoms with Gasteiger partial charge in [0, 0.05) is 30.7 Å².